The summed E-state index contributed by atoms with van der Waals surface area (Å²) < 4.78 is 26.4. The third-order valence-electron chi connectivity index (χ3n) is 2.74. The molecule has 0 aliphatic heterocycles. The molecule has 0 spiro atoms. The van der Waals surface area contributed by atoms with E-state index in [0.29, 0.717) is 5.69 Å². The zero-order valence-corrected chi connectivity index (χ0v) is 12.1. The van der Waals surface area contributed by atoms with Crippen LogP contribution in [0.3, 0.4) is 0 Å². The minimum Gasteiger partial charge on any atom is -0.399 e. The van der Waals surface area contributed by atoms with E-state index in [2.05, 4.69) is 5.32 Å². The second kappa shape index (κ2) is 6.58. The normalized spacial score (nSPS) is 12.0. The Morgan fingerprint density at radius 1 is 1.19 bits per heavy atom. The Kier molecular flexibility index (Phi) is 4.80. The van der Waals surface area contributed by atoms with Crippen LogP contribution in [0.25, 0.3) is 0 Å². The van der Waals surface area contributed by atoms with Crippen molar-refractivity contribution in [1.29, 1.82) is 0 Å². The molecule has 0 aliphatic carbocycles. The molecule has 0 saturated carbocycles. The van der Waals surface area contributed by atoms with Gasteiger partial charge in [-0.15, -0.1) is 11.8 Å². The number of anilines is 2. The maximum Gasteiger partial charge on any atom is 0.237 e. The summed E-state index contributed by atoms with van der Waals surface area (Å²) in [6.45, 7) is 1.69. The predicted molar refractivity (Wildman–Crippen MR) is 81.2 cm³/mol. The molecule has 6 heteroatoms. The fraction of sp³-hybridized carbons (Fsp3) is 0.133. The van der Waals surface area contributed by atoms with Gasteiger partial charge in [0.2, 0.25) is 5.91 Å². The standard InChI is InChI=1S/C15H14F2N2OS/c1-9(21-12-5-2-10(16)3-6-12)15(20)19-14-8-11(18)4-7-13(14)17/h2-9H,18H2,1H3,(H,19,20). The summed E-state index contributed by atoms with van der Waals surface area (Å²) in [4.78, 5) is 12.8. The van der Waals surface area contributed by atoms with Gasteiger partial charge in [0.15, 0.2) is 0 Å². The Morgan fingerprint density at radius 2 is 1.86 bits per heavy atom. The van der Waals surface area contributed by atoms with Crippen molar-refractivity contribution in [3.05, 3.63) is 54.1 Å². The monoisotopic (exact) mass is 308 g/mol. The molecule has 0 heterocycles. The molecule has 1 amide bonds. The minimum atomic E-state index is -0.545. The van der Waals surface area contributed by atoms with Crippen molar-refractivity contribution in [2.75, 3.05) is 11.1 Å². The van der Waals surface area contributed by atoms with E-state index >= 15 is 0 Å². The smallest absolute Gasteiger partial charge is 0.237 e. The summed E-state index contributed by atoms with van der Waals surface area (Å²) in [6, 6.07) is 9.80. The van der Waals surface area contributed by atoms with E-state index in [9.17, 15) is 13.6 Å². The lowest BCUT2D eigenvalue weighted by molar-refractivity contribution is -0.115. The Hall–Kier alpha value is -2.08. The fourth-order valence-corrected chi connectivity index (χ4v) is 2.51. The number of carbonyl (C=O) groups excluding carboxylic acids is 1. The number of thioether (sulfide) groups is 1. The van der Waals surface area contributed by atoms with Gasteiger partial charge >= 0.3 is 0 Å². The van der Waals surface area contributed by atoms with Crippen LogP contribution in [0.15, 0.2) is 47.4 Å². The Morgan fingerprint density at radius 3 is 2.52 bits per heavy atom. The molecule has 3 nitrogen and oxygen atoms in total. The Bertz CT molecular complexity index is 647. The maximum atomic E-state index is 13.5. The van der Waals surface area contributed by atoms with Crippen molar-refractivity contribution in [3.63, 3.8) is 0 Å². The van der Waals surface area contributed by atoms with Crippen molar-refractivity contribution in [1.82, 2.24) is 0 Å². The summed E-state index contributed by atoms with van der Waals surface area (Å²) in [5.41, 5.74) is 5.97. The van der Waals surface area contributed by atoms with Crippen molar-refractivity contribution >= 4 is 29.0 Å². The van der Waals surface area contributed by atoms with Gasteiger partial charge in [-0.3, -0.25) is 4.79 Å². The van der Waals surface area contributed by atoms with Gasteiger partial charge in [-0.25, -0.2) is 8.78 Å². The summed E-state index contributed by atoms with van der Waals surface area (Å²) in [6.07, 6.45) is 0. The van der Waals surface area contributed by atoms with Crippen LogP contribution < -0.4 is 11.1 Å². The number of nitrogen functional groups attached to an aromatic ring is 1. The van der Waals surface area contributed by atoms with Gasteiger partial charge in [0.25, 0.3) is 0 Å². The summed E-state index contributed by atoms with van der Waals surface area (Å²) in [7, 11) is 0. The first-order chi connectivity index (χ1) is 9.95. The number of nitrogens with one attached hydrogen (secondary N) is 1. The molecular formula is C15H14F2N2OS. The molecular weight excluding hydrogens is 294 g/mol. The Labute approximate surface area is 125 Å². The highest BCUT2D eigenvalue weighted by atomic mass is 32.2. The average molecular weight is 308 g/mol. The van der Waals surface area contributed by atoms with Crippen molar-refractivity contribution in [3.8, 4) is 0 Å². The first-order valence-corrected chi connectivity index (χ1v) is 7.12. The van der Waals surface area contributed by atoms with E-state index in [-0.39, 0.29) is 17.4 Å². The summed E-state index contributed by atoms with van der Waals surface area (Å²) >= 11 is 1.26. The second-order valence-electron chi connectivity index (χ2n) is 4.44. The molecule has 2 aromatic rings. The van der Waals surface area contributed by atoms with E-state index in [4.69, 9.17) is 5.73 Å². The number of benzene rings is 2. The van der Waals surface area contributed by atoms with Gasteiger partial charge in [-0.05, 0) is 49.4 Å². The lowest BCUT2D eigenvalue weighted by atomic mass is 10.2. The number of hydrogen-bond donors (Lipinski definition) is 2. The highest BCUT2D eigenvalue weighted by Gasteiger charge is 2.16. The molecule has 0 aliphatic rings. The molecule has 2 aromatic carbocycles. The number of nitrogens with two attached hydrogens (primary N) is 1. The van der Waals surface area contributed by atoms with E-state index in [1.165, 1.54) is 42.1 Å². The van der Waals surface area contributed by atoms with Crippen molar-refractivity contribution < 1.29 is 13.6 Å². The van der Waals surface area contributed by atoms with Gasteiger partial charge in [0.1, 0.15) is 11.6 Å². The SMILES string of the molecule is CC(Sc1ccc(F)cc1)C(=O)Nc1cc(N)ccc1F. The number of amides is 1. The van der Waals surface area contributed by atoms with Crippen LogP contribution in [0.2, 0.25) is 0 Å². The lowest BCUT2D eigenvalue weighted by Crippen LogP contribution is -2.23. The van der Waals surface area contributed by atoms with Gasteiger partial charge in [0, 0.05) is 10.6 Å². The first-order valence-electron chi connectivity index (χ1n) is 6.24. The van der Waals surface area contributed by atoms with Crippen LogP contribution in [0.4, 0.5) is 20.2 Å². The summed E-state index contributed by atoms with van der Waals surface area (Å²) in [5.74, 6) is -1.23. The molecule has 3 N–H and O–H groups in total. The molecule has 0 bridgehead atoms. The number of carbonyl (C=O) groups is 1. The third kappa shape index (κ3) is 4.19. The van der Waals surface area contributed by atoms with Crippen LogP contribution in [0.5, 0.6) is 0 Å². The third-order valence-corrected chi connectivity index (χ3v) is 3.86. The minimum absolute atomic E-state index is 0.0477. The lowest BCUT2D eigenvalue weighted by Gasteiger charge is -2.13. The van der Waals surface area contributed by atoms with Gasteiger partial charge in [0.05, 0.1) is 10.9 Å². The van der Waals surface area contributed by atoms with Crippen LogP contribution in [-0.4, -0.2) is 11.2 Å². The second-order valence-corrected chi connectivity index (χ2v) is 5.86. The van der Waals surface area contributed by atoms with E-state index in [0.717, 1.165) is 4.90 Å². The van der Waals surface area contributed by atoms with Crippen LogP contribution in [0, 0.1) is 11.6 Å². The maximum absolute atomic E-state index is 13.5. The molecule has 0 aromatic heterocycles. The van der Waals surface area contributed by atoms with Gasteiger partial charge < -0.3 is 11.1 Å². The zero-order valence-electron chi connectivity index (χ0n) is 11.3. The molecule has 110 valence electrons. The fourth-order valence-electron chi connectivity index (χ4n) is 1.64. The number of hydrogen-bond acceptors (Lipinski definition) is 3. The van der Waals surface area contributed by atoms with Gasteiger partial charge in [-0.1, -0.05) is 0 Å². The predicted octanol–water partition coefficient (Wildman–Crippen LogP) is 3.67. The molecule has 21 heavy (non-hydrogen) atoms. The zero-order chi connectivity index (χ0) is 15.4. The highest BCUT2D eigenvalue weighted by Crippen LogP contribution is 2.25. The van der Waals surface area contributed by atoms with E-state index < -0.39 is 11.1 Å². The molecule has 1 atom stereocenters. The molecule has 2 rings (SSSR count). The topological polar surface area (TPSA) is 55.1 Å². The summed E-state index contributed by atoms with van der Waals surface area (Å²) in [5, 5.41) is 2.03. The molecule has 0 fully saturated rings. The molecule has 0 radical (unpaired) electrons. The van der Waals surface area contributed by atoms with Crippen LogP contribution >= 0.6 is 11.8 Å². The van der Waals surface area contributed by atoms with Crippen molar-refractivity contribution in [2.45, 2.75) is 17.1 Å². The van der Waals surface area contributed by atoms with Crippen molar-refractivity contribution in [2.24, 2.45) is 0 Å². The number of rotatable bonds is 4. The largest absolute Gasteiger partial charge is 0.399 e. The van der Waals surface area contributed by atoms with Crippen LogP contribution in [0.1, 0.15) is 6.92 Å². The molecule has 0 saturated heterocycles. The average Bonchev–Trinajstić information content (AvgIpc) is 2.45. The number of halogens is 2. The van der Waals surface area contributed by atoms with E-state index in [1.54, 1.807) is 19.1 Å². The Balaban J connectivity index is 2.02. The first kappa shape index (κ1) is 15.3. The highest BCUT2D eigenvalue weighted by molar-refractivity contribution is 8.00. The van der Waals surface area contributed by atoms with E-state index in [1.807, 2.05) is 0 Å². The quantitative estimate of drug-likeness (QED) is 0.669. The molecule has 1 unspecified atom stereocenters. The van der Waals surface area contributed by atoms with Crippen LogP contribution in [-0.2, 0) is 4.79 Å². The van der Waals surface area contributed by atoms with Gasteiger partial charge in [-0.2, -0.15) is 0 Å².